The van der Waals surface area contributed by atoms with Crippen molar-refractivity contribution in [2.24, 2.45) is 0 Å². The van der Waals surface area contributed by atoms with E-state index < -0.39 is 49.3 Å². The number of nitrogens with zero attached hydrogens (tertiary/aromatic N) is 1. The van der Waals surface area contributed by atoms with Crippen molar-refractivity contribution in [2.75, 3.05) is 0 Å². The third kappa shape index (κ3) is 4.46. The van der Waals surface area contributed by atoms with Crippen molar-refractivity contribution in [2.45, 2.75) is 30.7 Å². The van der Waals surface area contributed by atoms with Crippen LogP contribution in [0.5, 0.6) is 0 Å². The number of aliphatic carboxylic acids is 1. The Balaban J connectivity index is 3.17. The summed E-state index contributed by atoms with van der Waals surface area (Å²) in [7, 11) is -4.22. The smallest absolute Gasteiger partial charge is 0.306 e. The number of benzene rings is 1. The molecule has 0 atom stereocenters. The first kappa shape index (κ1) is 17.0. The summed E-state index contributed by atoms with van der Waals surface area (Å²) in [4.78, 5) is 19.7. The molecule has 116 valence electrons. The van der Waals surface area contributed by atoms with Gasteiger partial charge in [-0.2, -0.15) is 4.39 Å². The Morgan fingerprint density at radius 2 is 2.05 bits per heavy atom. The molecule has 0 radical (unpaired) electrons. The molecule has 0 amide bonds. The minimum atomic E-state index is -4.22. The van der Waals surface area contributed by atoms with Crippen LogP contribution in [0.15, 0.2) is 23.1 Å². The van der Waals surface area contributed by atoms with Gasteiger partial charge in [-0.15, -0.1) is 0 Å². The van der Waals surface area contributed by atoms with Crippen molar-refractivity contribution in [3.63, 3.8) is 0 Å². The second-order valence-corrected chi connectivity index (χ2v) is 6.61. The third-order valence-electron chi connectivity index (χ3n) is 2.43. The molecule has 21 heavy (non-hydrogen) atoms. The highest BCUT2D eigenvalue weighted by atomic mass is 32.2. The zero-order valence-electron chi connectivity index (χ0n) is 11.2. The number of halogens is 1. The Bertz CT molecular complexity index is 686. The summed E-state index contributed by atoms with van der Waals surface area (Å²) in [6, 6.07) is 2.10. The van der Waals surface area contributed by atoms with Crippen molar-refractivity contribution >= 4 is 21.7 Å². The van der Waals surface area contributed by atoms with Gasteiger partial charge in [0.1, 0.15) is 0 Å². The molecule has 2 N–H and O–H groups in total. The summed E-state index contributed by atoms with van der Waals surface area (Å²) in [5.41, 5.74) is -2.29. The molecule has 0 aromatic heterocycles. The Hall–Kier alpha value is -2.07. The van der Waals surface area contributed by atoms with Gasteiger partial charge in [0.25, 0.3) is 0 Å². The van der Waals surface area contributed by atoms with Gasteiger partial charge in [0.15, 0.2) is 0 Å². The van der Waals surface area contributed by atoms with Crippen LogP contribution < -0.4 is 4.72 Å². The molecular formula is C11H13FN2O6S. The first-order valence-electron chi connectivity index (χ1n) is 5.64. The fraction of sp³-hybridized carbons (Fsp3) is 0.364. The van der Waals surface area contributed by atoms with Crippen LogP contribution in [0.4, 0.5) is 10.1 Å². The highest BCUT2D eigenvalue weighted by Gasteiger charge is 2.30. The van der Waals surface area contributed by atoms with Gasteiger partial charge in [0.05, 0.1) is 16.2 Å². The average molecular weight is 320 g/mol. The minimum Gasteiger partial charge on any atom is -0.481 e. The van der Waals surface area contributed by atoms with Crippen molar-refractivity contribution in [1.29, 1.82) is 0 Å². The van der Waals surface area contributed by atoms with Crippen LogP contribution in [-0.2, 0) is 14.8 Å². The molecule has 0 bridgehead atoms. The number of sulfonamides is 1. The Morgan fingerprint density at radius 3 is 2.52 bits per heavy atom. The summed E-state index contributed by atoms with van der Waals surface area (Å²) >= 11 is 0. The van der Waals surface area contributed by atoms with Crippen molar-refractivity contribution in [3.8, 4) is 0 Å². The van der Waals surface area contributed by atoms with Crippen molar-refractivity contribution < 1.29 is 27.6 Å². The summed E-state index contributed by atoms with van der Waals surface area (Å²) in [6.07, 6.45) is -0.491. The van der Waals surface area contributed by atoms with E-state index >= 15 is 0 Å². The largest absolute Gasteiger partial charge is 0.481 e. The highest BCUT2D eigenvalue weighted by Crippen LogP contribution is 2.23. The second-order valence-electron chi connectivity index (χ2n) is 4.93. The number of nitrogens with one attached hydrogen (secondary N) is 1. The lowest BCUT2D eigenvalue weighted by Gasteiger charge is -2.23. The summed E-state index contributed by atoms with van der Waals surface area (Å²) in [5.74, 6) is -2.38. The van der Waals surface area contributed by atoms with Crippen LogP contribution in [0.3, 0.4) is 0 Å². The minimum absolute atomic E-state index is 0.491. The third-order valence-corrected chi connectivity index (χ3v) is 4.12. The van der Waals surface area contributed by atoms with Gasteiger partial charge in [-0.05, 0) is 26.0 Å². The first-order valence-corrected chi connectivity index (χ1v) is 7.13. The van der Waals surface area contributed by atoms with Gasteiger partial charge in [0, 0.05) is 11.6 Å². The van der Waals surface area contributed by atoms with E-state index in [1.807, 2.05) is 0 Å². The molecule has 1 aromatic carbocycles. The van der Waals surface area contributed by atoms with E-state index in [1.165, 1.54) is 13.8 Å². The molecule has 0 fully saturated rings. The standard InChI is InChI=1S/C11H13FN2O6S/c1-11(2,6-10(15)16)13-21(19,20)7-3-4-8(12)9(5-7)14(17)18/h3-5,13H,6H2,1-2H3,(H,15,16). The van der Waals surface area contributed by atoms with Crippen LogP contribution in [0.25, 0.3) is 0 Å². The highest BCUT2D eigenvalue weighted by molar-refractivity contribution is 7.89. The summed E-state index contributed by atoms with van der Waals surface area (Å²) in [5, 5.41) is 19.3. The number of hydrogen-bond donors (Lipinski definition) is 2. The van der Waals surface area contributed by atoms with E-state index in [4.69, 9.17) is 5.11 Å². The number of hydrogen-bond acceptors (Lipinski definition) is 5. The molecule has 1 aromatic rings. The predicted molar refractivity (Wildman–Crippen MR) is 69.7 cm³/mol. The average Bonchev–Trinajstić information content (AvgIpc) is 2.24. The van der Waals surface area contributed by atoms with E-state index in [2.05, 4.69) is 4.72 Å². The van der Waals surface area contributed by atoms with Gasteiger partial charge < -0.3 is 5.11 Å². The fourth-order valence-electron chi connectivity index (χ4n) is 1.64. The lowest BCUT2D eigenvalue weighted by atomic mass is 10.0. The monoisotopic (exact) mass is 320 g/mol. The molecule has 0 saturated carbocycles. The Labute approximate surface area is 119 Å². The van der Waals surface area contributed by atoms with Gasteiger partial charge in [-0.1, -0.05) is 0 Å². The van der Waals surface area contributed by atoms with Gasteiger partial charge in [0.2, 0.25) is 15.8 Å². The fourth-order valence-corrected chi connectivity index (χ4v) is 3.07. The van der Waals surface area contributed by atoms with Crippen molar-refractivity contribution in [3.05, 3.63) is 34.1 Å². The molecule has 0 aliphatic heterocycles. The lowest BCUT2D eigenvalue weighted by molar-refractivity contribution is -0.387. The number of carboxylic acids is 1. The Kier molecular flexibility index (Phi) is 4.64. The first-order chi connectivity index (χ1) is 9.44. The number of rotatable bonds is 6. The predicted octanol–water partition coefficient (Wildman–Crippen LogP) is 1.27. The molecule has 1 rings (SSSR count). The van der Waals surface area contributed by atoms with Crippen LogP contribution in [0, 0.1) is 15.9 Å². The molecule has 0 saturated heterocycles. The lowest BCUT2D eigenvalue weighted by Crippen LogP contribution is -2.44. The van der Waals surface area contributed by atoms with E-state index in [0.717, 1.165) is 6.07 Å². The maximum atomic E-state index is 13.2. The maximum Gasteiger partial charge on any atom is 0.306 e. The van der Waals surface area contributed by atoms with Crippen LogP contribution in [-0.4, -0.2) is 30.0 Å². The molecule has 0 aliphatic carbocycles. The molecule has 10 heteroatoms. The number of nitro groups is 1. The van der Waals surface area contributed by atoms with Crippen LogP contribution in [0.1, 0.15) is 20.3 Å². The van der Waals surface area contributed by atoms with Gasteiger partial charge in [-0.25, -0.2) is 13.1 Å². The van der Waals surface area contributed by atoms with E-state index in [1.54, 1.807) is 0 Å². The van der Waals surface area contributed by atoms with Gasteiger partial charge >= 0.3 is 11.7 Å². The Morgan fingerprint density at radius 1 is 1.48 bits per heavy atom. The normalized spacial score (nSPS) is 12.1. The number of nitro benzene ring substituents is 1. The molecule has 0 unspecified atom stereocenters. The van der Waals surface area contributed by atoms with Gasteiger partial charge in [-0.3, -0.25) is 14.9 Å². The second kappa shape index (κ2) is 5.74. The molecule has 0 aliphatic rings. The number of carbonyl (C=O) groups is 1. The van der Waals surface area contributed by atoms with Crippen LogP contribution in [0.2, 0.25) is 0 Å². The van der Waals surface area contributed by atoms with E-state index in [0.29, 0.717) is 12.1 Å². The number of carboxylic acid groups (broad SMARTS) is 1. The van der Waals surface area contributed by atoms with Crippen molar-refractivity contribution in [1.82, 2.24) is 4.72 Å². The molecular weight excluding hydrogens is 307 g/mol. The molecule has 0 spiro atoms. The zero-order valence-corrected chi connectivity index (χ0v) is 12.0. The zero-order chi connectivity index (χ0) is 16.4. The summed E-state index contributed by atoms with van der Waals surface area (Å²) in [6.45, 7) is 2.69. The van der Waals surface area contributed by atoms with E-state index in [-0.39, 0.29) is 0 Å². The SMILES string of the molecule is CC(C)(CC(=O)O)NS(=O)(=O)c1ccc(F)c([N+](=O)[O-])c1. The summed E-state index contributed by atoms with van der Waals surface area (Å²) < 4.78 is 39.4. The van der Waals surface area contributed by atoms with Crippen LogP contribution >= 0.6 is 0 Å². The maximum absolute atomic E-state index is 13.2. The van der Waals surface area contributed by atoms with E-state index in [9.17, 15) is 27.7 Å². The molecule has 8 nitrogen and oxygen atoms in total. The quantitative estimate of drug-likeness (QED) is 0.600. The molecule has 0 heterocycles. The topological polar surface area (TPSA) is 127 Å².